The van der Waals surface area contributed by atoms with Crippen molar-refractivity contribution in [2.45, 2.75) is 18.9 Å². The van der Waals surface area contributed by atoms with E-state index in [1.54, 1.807) is 4.90 Å². The van der Waals surface area contributed by atoms with Gasteiger partial charge in [0.1, 0.15) is 0 Å². The highest BCUT2D eigenvalue weighted by Gasteiger charge is 2.18. The van der Waals surface area contributed by atoms with Gasteiger partial charge in [0.05, 0.1) is 13.2 Å². The minimum atomic E-state index is -0.517. The standard InChI is InChI=1S/C11H20N2O4/c1-17-11(16)3-2-10(15)8-12-4-6-13(9-14)7-5-12/h9-10,15H,2-8H2,1H3. The summed E-state index contributed by atoms with van der Waals surface area (Å²) >= 11 is 0. The Morgan fingerprint density at radius 1 is 1.41 bits per heavy atom. The van der Waals surface area contributed by atoms with Crippen LogP contribution in [-0.2, 0) is 14.3 Å². The number of hydrogen-bond donors (Lipinski definition) is 1. The van der Waals surface area contributed by atoms with Gasteiger partial charge in [-0.3, -0.25) is 14.5 Å². The van der Waals surface area contributed by atoms with E-state index < -0.39 is 6.10 Å². The number of aliphatic hydroxyl groups excluding tert-OH is 1. The molecular weight excluding hydrogens is 224 g/mol. The molecule has 0 bridgehead atoms. The predicted octanol–water partition coefficient (Wildman–Crippen LogP) is -0.925. The molecule has 1 heterocycles. The lowest BCUT2D eigenvalue weighted by Gasteiger charge is -2.33. The summed E-state index contributed by atoms with van der Waals surface area (Å²) in [5.41, 5.74) is 0. The highest BCUT2D eigenvalue weighted by molar-refractivity contribution is 5.69. The molecule has 0 spiro atoms. The molecule has 0 aromatic carbocycles. The lowest BCUT2D eigenvalue weighted by atomic mass is 10.2. The maximum absolute atomic E-state index is 10.9. The zero-order valence-corrected chi connectivity index (χ0v) is 10.2. The Hall–Kier alpha value is -1.14. The van der Waals surface area contributed by atoms with Crippen molar-refractivity contribution in [2.75, 3.05) is 39.8 Å². The van der Waals surface area contributed by atoms with Crippen molar-refractivity contribution >= 4 is 12.4 Å². The molecule has 1 amide bonds. The van der Waals surface area contributed by atoms with Gasteiger partial charge in [-0.15, -0.1) is 0 Å². The number of aliphatic hydroxyl groups is 1. The van der Waals surface area contributed by atoms with E-state index in [-0.39, 0.29) is 12.4 Å². The second-order valence-corrected chi connectivity index (χ2v) is 4.21. The third kappa shape index (κ3) is 5.14. The Labute approximate surface area is 101 Å². The highest BCUT2D eigenvalue weighted by Crippen LogP contribution is 2.05. The number of methoxy groups -OCH3 is 1. The second-order valence-electron chi connectivity index (χ2n) is 4.21. The molecule has 1 rings (SSSR count). The summed E-state index contributed by atoms with van der Waals surface area (Å²) < 4.78 is 4.51. The molecule has 0 saturated carbocycles. The van der Waals surface area contributed by atoms with Crippen LogP contribution in [-0.4, -0.2) is 73.2 Å². The van der Waals surface area contributed by atoms with E-state index in [2.05, 4.69) is 9.64 Å². The van der Waals surface area contributed by atoms with Gasteiger partial charge in [0, 0.05) is 39.1 Å². The fourth-order valence-electron chi connectivity index (χ4n) is 1.83. The molecule has 98 valence electrons. The number of rotatable bonds is 6. The number of ether oxygens (including phenoxy) is 1. The number of piperazine rings is 1. The quantitative estimate of drug-likeness (QED) is 0.483. The number of carbonyl (C=O) groups excluding carboxylic acids is 2. The lowest BCUT2D eigenvalue weighted by Crippen LogP contribution is -2.47. The Balaban J connectivity index is 2.16. The molecule has 6 nitrogen and oxygen atoms in total. The molecule has 1 N–H and O–H groups in total. The van der Waals surface area contributed by atoms with Crippen molar-refractivity contribution in [3.05, 3.63) is 0 Å². The van der Waals surface area contributed by atoms with E-state index in [9.17, 15) is 14.7 Å². The topological polar surface area (TPSA) is 70.1 Å². The Morgan fingerprint density at radius 3 is 2.59 bits per heavy atom. The summed E-state index contributed by atoms with van der Waals surface area (Å²) in [4.78, 5) is 25.2. The van der Waals surface area contributed by atoms with E-state index in [0.717, 1.165) is 19.5 Å². The summed E-state index contributed by atoms with van der Waals surface area (Å²) in [6.07, 6.45) is 0.995. The largest absolute Gasteiger partial charge is 0.469 e. The third-order valence-corrected chi connectivity index (χ3v) is 2.93. The van der Waals surface area contributed by atoms with E-state index in [0.29, 0.717) is 26.1 Å². The third-order valence-electron chi connectivity index (χ3n) is 2.93. The SMILES string of the molecule is COC(=O)CCC(O)CN1CCN(C=O)CC1. The maximum atomic E-state index is 10.9. The van der Waals surface area contributed by atoms with Gasteiger partial charge in [-0.25, -0.2) is 0 Å². The first-order valence-electron chi connectivity index (χ1n) is 5.82. The number of hydrogen-bond acceptors (Lipinski definition) is 5. The van der Waals surface area contributed by atoms with Gasteiger partial charge in [0.25, 0.3) is 0 Å². The van der Waals surface area contributed by atoms with Crippen LogP contribution < -0.4 is 0 Å². The molecule has 0 radical (unpaired) electrons. The minimum absolute atomic E-state index is 0.242. The number of carbonyl (C=O) groups is 2. The van der Waals surface area contributed by atoms with Crippen molar-refractivity contribution in [3.63, 3.8) is 0 Å². The fourth-order valence-corrected chi connectivity index (χ4v) is 1.83. The average Bonchev–Trinajstić information content (AvgIpc) is 2.36. The Morgan fingerprint density at radius 2 is 2.06 bits per heavy atom. The predicted molar refractivity (Wildman–Crippen MR) is 61.3 cm³/mol. The molecule has 1 aliphatic heterocycles. The van der Waals surface area contributed by atoms with Crippen molar-refractivity contribution in [1.82, 2.24) is 9.80 Å². The lowest BCUT2D eigenvalue weighted by molar-refractivity contribution is -0.141. The molecule has 0 aromatic heterocycles. The zero-order valence-electron chi connectivity index (χ0n) is 10.2. The molecule has 1 aliphatic rings. The molecule has 6 heteroatoms. The molecule has 1 saturated heterocycles. The monoisotopic (exact) mass is 244 g/mol. The van der Waals surface area contributed by atoms with Crippen LogP contribution in [0, 0.1) is 0 Å². The fraction of sp³-hybridized carbons (Fsp3) is 0.818. The van der Waals surface area contributed by atoms with Crippen LogP contribution in [0.1, 0.15) is 12.8 Å². The van der Waals surface area contributed by atoms with Crippen molar-refractivity contribution in [1.29, 1.82) is 0 Å². The van der Waals surface area contributed by atoms with Gasteiger partial charge in [-0.05, 0) is 6.42 Å². The molecule has 17 heavy (non-hydrogen) atoms. The molecule has 1 fully saturated rings. The molecule has 0 aliphatic carbocycles. The van der Waals surface area contributed by atoms with E-state index >= 15 is 0 Å². The van der Waals surface area contributed by atoms with E-state index in [4.69, 9.17) is 0 Å². The first-order chi connectivity index (χ1) is 8.15. The van der Waals surface area contributed by atoms with Gasteiger partial charge in [0.15, 0.2) is 0 Å². The van der Waals surface area contributed by atoms with Crippen LogP contribution >= 0.6 is 0 Å². The number of amides is 1. The van der Waals surface area contributed by atoms with Crippen molar-refractivity contribution < 1.29 is 19.4 Å². The summed E-state index contributed by atoms with van der Waals surface area (Å²) in [7, 11) is 1.34. The zero-order chi connectivity index (χ0) is 12.7. The number of esters is 1. The number of β-amino-alcohol motifs (C(OH)–C–C–N with tert-alkyl or cyclic N) is 1. The average molecular weight is 244 g/mol. The van der Waals surface area contributed by atoms with Crippen LogP contribution in [0.3, 0.4) is 0 Å². The Kier molecular flexibility index (Phi) is 5.93. The molecule has 1 unspecified atom stereocenters. The number of nitrogens with zero attached hydrogens (tertiary/aromatic N) is 2. The second kappa shape index (κ2) is 7.24. The van der Waals surface area contributed by atoms with Crippen molar-refractivity contribution in [3.8, 4) is 0 Å². The van der Waals surface area contributed by atoms with Crippen LogP contribution in [0.15, 0.2) is 0 Å². The van der Waals surface area contributed by atoms with Gasteiger partial charge in [-0.2, -0.15) is 0 Å². The molecule has 0 aromatic rings. The van der Waals surface area contributed by atoms with E-state index in [1.165, 1.54) is 7.11 Å². The maximum Gasteiger partial charge on any atom is 0.305 e. The first kappa shape index (κ1) is 13.9. The van der Waals surface area contributed by atoms with Crippen LogP contribution in [0.25, 0.3) is 0 Å². The highest BCUT2D eigenvalue weighted by atomic mass is 16.5. The van der Waals surface area contributed by atoms with E-state index in [1.807, 2.05) is 0 Å². The summed E-state index contributed by atoms with van der Waals surface area (Å²) in [5, 5.41) is 9.74. The summed E-state index contributed by atoms with van der Waals surface area (Å²) in [6, 6.07) is 0. The van der Waals surface area contributed by atoms with Crippen molar-refractivity contribution in [2.24, 2.45) is 0 Å². The Bertz CT molecular complexity index is 252. The van der Waals surface area contributed by atoms with Gasteiger partial charge in [0.2, 0.25) is 6.41 Å². The van der Waals surface area contributed by atoms with Gasteiger partial charge < -0.3 is 14.7 Å². The van der Waals surface area contributed by atoms with Crippen LogP contribution in [0.5, 0.6) is 0 Å². The minimum Gasteiger partial charge on any atom is -0.469 e. The van der Waals surface area contributed by atoms with Crippen LogP contribution in [0.4, 0.5) is 0 Å². The van der Waals surface area contributed by atoms with Crippen LogP contribution in [0.2, 0.25) is 0 Å². The van der Waals surface area contributed by atoms with Gasteiger partial charge >= 0.3 is 5.97 Å². The first-order valence-corrected chi connectivity index (χ1v) is 5.82. The summed E-state index contributed by atoms with van der Waals surface area (Å²) in [6.45, 7) is 3.49. The normalized spacial score (nSPS) is 18.8. The molecular formula is C11H20N2O4. The smallest absolute Gasteiger partial charge is 0.305 e. The van der Waals surface area contributed by atoms with Gasteiger partial charge in [-0.1, -0.05) is 0 Å². The molecule has 1 atom stereocenters. The summed E-state index contributed by atoms with van der Waals surface area (Å²) in [5.74, 6) is -0.296.